The van der Waals surface area contributed by atoms with Gasteiger partial charge < -0.3 is 10.2 Å². The van der Waals surface area contributed by atoms with Crippen molar-refractivity contribution in [2.24, 2.45) is 0 Å². The number of hydrogen-bond donors (Lipinski definition) is 2. The summed E-state index contributed by atoms with van der Waals surface area (Å²) < 4.78 is 14.0. The van der Waals surface area contributed by atoms with Gasteiger partial charge in [0.15, 0.2) is 0 Å². The number of halogens is 2. The van der Waals surface area contributed by atoms with Crippen molar-refractivity contribution in [2.45, 2.75) is 13.1 Å². The first kappa shape index (κ1) is 17.9. The molecule has 0 spiro atoms. The molecule has 2 N–H and O–H groups in total. The molecular weight excluding hydrogens is 359 g/mol. The van der Waals surface area contributed by atoms with Crippen molar-refractivity contribution < 1.29 is 14.1 Å². The molecule has 3 aromatic rings. The van der Waals surface area contributed by atoms with Crippen LogP contribution in [-0.4, -0.2) is 20.0 Å². The van der Waals surface area contributed by atoms with Gasteiger partial charge in [0.25, 0.3) is 5.91 Å². The third-order valence-corrected chi connectivity index (χ3v) is 5.56. The van der Waals surface area contributed by atoms with Crippen LogP contribution in [0.25, 0.3) is 10.1 Å². The molecule has 25 heavy (non-hydrogen) atoms. The van der Waals surface area contributed by atoms with Gasteiger partial charge in [0.05, 0.1) is 19.1 Å². The van der Waals surface area contributed by atoms with Crippen molar-refractivity contribution in [3.05, 3.63) is 69.3 Å². The normalized spacial score (nSPS) is 11.2. The van der Waals surface area contributed by atoms with Gasteiger partial charge in [-0.25, -0.2) is 4.39 Å². The lowest BCUT2D eigenvalue weighted by atomic mass is 10.1. The van der Waals surface area contributed by atoms with E-state index in [-0.39, 0.29) is 11.7 Å². The zero-order valence-corrected chi connectivity index (χ0v) is 15.6. The zero-order chi connectivity index (χ0) is 18.0. The Hall–Kier alpha value is -1.95. The smallest absolute Gasteiger partial charge is 0.263 e. The number of nitrogens with one attached hydrogen (secondary N) is 2. The van der Waals surface area contributed by atoms with Crippen LogP contribution in [0.5, 0.6) is 0 Å². The lowest BCUT2D eigenvalue weighted by molar-refractivity contribution is -0.872. The van der Waals surface area contributed by atoms with Gasteiger partial charge in [0, 0.05) is 22.2 Å². The van der Waals surface area contributed by atoms with Crippen molar-refractivity contribution >= 4 is 38.9 Å². The minimum Gasteiger partial charge on any atom is -0.347 e. The Morgan fingerprint density at radius 1 is 1.20 bits per heavy atom. The Balaban J connectivity index is 1.79. The maximum Gasteiger partial charge on any atom is 0.263 e. The molecule has 2 aromatic carbocycles. The summed E-state index contributed by atoms with van der Waals surface area (Å²) >= 11 is 7.52. The molecule has 1 amide bonds. The highest BCUT2D eigenvalue weighted by Gasteiger charge is 2.17. The van der Waals surface area contributed by atoms with Gasteiger partial charge in [-0.15, -0.1) is 11.3 Å². The fraction of sp³-hybridized carbons (Fsp3) is 0.211. The standard InChI is InChI=1S/C19H18ClFN2OS/c1-23(2)11-13-6-4-3-5-12(13)10-22-19(24)18-17(20)15-8-7-14(21)9-16(15)25-18/h3-9H,10-11H2,1-2H3,(H,22,24)/p+1. The van der Waals surface area contributed by atoms with E-state index in [1.54, 1.807) is 6.07 Å². The Morgan fingerprint density at radius 2 is 1.92 bits per heavy atom. The topological polar surface area (TPSA) is 33.5 Å². The first-order chi connectivity index (χ1) is 12.0. The number of amides is 1. The maximum atomic E-state index is 13.4. The van der Waals surface area contributed by atoms with Crippen LogP contribution in [-0.2, 0) is 13.1 Å². The van der Waals surface area contributed by atoms with Gasteiger partial charge in [0.2, 0.25) is 0 Å². The van der Waals surface area contributed by atoms with Gasteiger partial charge in [0.1, 0.15) is 17.2 Å². The van der Waals surface area contributed by atoms with Gasteiger partial charge in [-0.05, 0) is 23.8 Å². The first-order valence-electron chi connectivity index (χ1n) is 7.97. The molecule has 1 heterocycles. The average molecular weight is 378 g/mol. The van der Waals surface area contributed by atoms with Gasteiger partial charge >= 0.3 is 0 Å². The van der Waals surface area contributed by atoms with E-state index in [1.807, 2.05) is 18.2 Å². The minimum atomic E-state index is -0.336. The molecule has 0 bridgehead atoms. The summed E-state index contributed by atoms with van der Waals surface area (Å²) in [4.78, 5) is 14.3. The number of benzene rings is 2. The van der Waals surface area contributed by atoms with E-state index >= 15 is 0 Å². The fourth-order valence-electron chi connectivity index (χ4n) is 2.72. The van der Waals surface area contributed by atoms with Crippen molar-refractivity contribution in [1.82, 2.24) is 5.32 Å². The number of carbonyl (C=O) groups is 1. The summed E-state index contributed by atoms with van der Waals surface area (Å²) in [5.74, 6) is -0.573. The van der Waals surface area contributed by atoms with E-state index in [9.17, 15) is 9.18 Å². The molecular formula is C19H19ClFN2OS+. The SMILES string of the molecule is C[NH+](C)Cc1ccccc1CNC(=O)c1sc2cc(F)ccc2c1Cl. The molecule has 0 aliphatic carbocycles. The van der Waals surface area contributed by atoms with E-state index in [4.69, 9.17) is 11.6 Å². The molecule has 0 atom stereocenters. The third-order valence-electron chi connectivity index (χ3n) is 3.90. The highest BCUT2D eigenvalue weighted by Crippen LogP contribution is 2.35. The first-order valence-corrected chi connectivity index (χ1v) is 9.16. The van der Waals surface area contributed by atoms with E-state index in [0.29, 0.717) is 26.5 Å². The van der Waals surface area contributed by atoms with Crippen molar-refractivity contribution in [3.63, 3.8) is 0 Å². The van der Waals surface area contributed by atoms with Crippen LogP contribution in [0.15, 0.2) is 42.5 Å². The van der Waals surface area contributed by atoms with Crippen LogP contribution < -0.4 is 10.2 Å². The second-order valence-electron chi connectivity index (χ2n) is 6.22. The summed E-state index contributed by atoms with van der Waals surface area (Å²) in [6, 6.07) is 12.4. The van der Waals surface area contributed by atoms with Crippen LogP contribution in [0.3, 0.4) is 0 Å². The summed E-state index contributed by atoms with van der Waals surface area (Å²) in [7, 11) is 4.18. The molecule has 0 radical (unpaired) electrons. The fourth-order valence-corrected chi connectivity index (χ4v) is 4.18. The van der Waals surface area contributed by atoms with Crippen LogP contribution in [0.2, 0.25) is 5.02 Å². The predicted molar refractivity (Wildman–Crippen MR) is 101 cm³/mol. The summed E-state index contributed by atoms with van der Waals surface area (Å²) in [5, 5.41) is 4.01. The molecule has 0 fully saturated rings. The zero-order valence-electron chi connectivity index (χ0n) is 14.0. The number of thiophene rings is 1. The highest BCUT2D eigenvalue weighted by atomic mass is 35.5. The quantitative estimate of drug-likeness (QED) is 0.703. The number of fused-ring (bicyclic) bond motifs is 1. The van der Waals surface area contributed by atoms with Gasteiger partial charge in [-0.2, -0.15) is 0 Å². The molecule has 1 aromatic heterocycles. The van der Waals surface area contributed by atoms with Gasteiger partial charge in [-0.3, -0.25) is 4.79 Å². The molecule has 0 aliphatic rings. The van der Waals surface area contributed by atoms with E-state index in [2.05, 4.69) is 25.5 Å². The third kappa shape index (κ3) is 4.00. The maximum absolute atomic E-state index is 13.4. The Kier molecular flexibility index (Phi) is 5.37. The summed E-state index contributed by atoms with van der Waals surface area (Å²) in [5.41, 5.74) is 2.28. The number of quaternary nitrogens is 1. The predicted octanol–water partition coefficient (Wildman–Crippen LogP) is 3.27. The second kappa shape index (κ2) is 7.52. The minimum absolute atomic E-state index is 0.237. The summed E-state index contributed by atoms with van der Waals surface area (Å²) in [6.45, 7) is 1.32. The van der Waals surface area contributed by atoms with Crippen molar-refractivity contribution in [1.29, 1.82) is 0 Å². The van der Waals surface area contributed by atoms with Crippen molar-refractivity contribution in [2.75, 3.05) is 14.1 Å². The molecule has 3 rings (SSSR count). The lowest BCUT2D eigenvalue weighted by Gasteiger charge is -2.12. The van der Waals surface area contributed by atoms with Gasteiger partial charge in [-0.1, -0.05) is 35.9 Å². The molecule has 0 unspecified atom stereocenters. The largest absolute Gasteiger partial charge is 0.347 e. The molecule has 6 heteroatoms. The van der Waals surface area contributed by atoms with E-state index in [1.165, 1.54) is 33.9 Å². The number of hydrogen-bond acceptors (Lipinski definition) is 2. The second-order valence-corrected chi connectivity index (χ2v) is 7.65. The van der Waals surface area contributed by atoms with Crippen LogP contribution >= 0.6 is 22.9 Å². The molecule has 0 saturated heterocycles. The van der Waals surface area contributed by atoms with E-state index < -0.39 is 0 Å². The Bertz CT molecular complexity index is 923. The summed E-state index contributed by atoms with van der Waals surface area (Å²) in [6.07, 6.45) is 0. The monoisotopic (exact) mass is 377 g/mol. The van der Waals surface area contributed by atoms with Crippen LogP contribution in [0.1, 0.15) is 20.8 Å². The Morgan fingerprint density at radius 3 is 2.64 bits per heavy atom. The molecule has 0 aliphatic heterocycles. The number of rotatable bonds is 5. The molecule has 3 nitrogen and oxygen atoms in total. The molecule has 0 saturated carbocycles. The van der Waals surface area contributed by atoms with E-state index in [0.717, 1.165) is 12.1 Å². The highest BCUT2D eigenvalue weighted by molar-refractivity contribution is 7.21. The van der Waals surface area contributed by atoms with Crippen LogP contribution in [0.4, 0.5) is 4.39 Å². The number of carbonyl (C=O) groups excluding carboxylic acids is 1. The average Bonchev–Trinajstić information content (AvgIpc) is 2.89. The van der Waals surface area contributed by atoms with Crippen molar-refractivity contribution in [3.8, 4) is 0 Å². The van der Waals surface area contributed by atoms with Crippen LogP contribution in [0, 0.1) is 5.82 Å². The Labute approximate surface area is 155 Å². The lowest BCUT2D eigenvalue weighted by Crippen LogP contribution is -3.04. The molecule has 130 valence electrons.